The van der Waals surface area contributed by atoms with E-state index in [9.17, 15) is 28.1 Å². The number of alkyl halides is 3. The van der Waals surface area contributed by atoms with E-state index in [4.69, 9.17) is 27.9 Å². The molecule has 0 aromatic heterocycles. The lowest BCUT2D eigenvalue weighted by Gasteiger charge is -2.35. The minimum atomic E-state index is -4.93. The fourth-order valence-corrected chi connectivity index (χ4v) is 3.37. The Hall–Kier alpha value is -2.05. The zero-order chi connectivity index (χ0) is 22.4. The highest BCUT2D eigenvalue weighted by atomic mass is 35.5. The lowest BCUT2D eigenvalue weighted by atomic mass is 9.98. The number of halogens is 5. The van der Waals surface area contributed by atoms with Gasteiger partial charge in [0.1, 0.15) is 25.6 Å². The van der Waals surface area contributed by atoms with Gasteiger partial charge in [0.05, 0.1) is 5.02 Å². The molecule has 0 amide bonds. The molecule has 0 spiro atoms. The summed E-state index contributed by atoms with van der Waals surface area (Å²) in [4.78, 5) is 25.7. The molecule has 8 nitrogen and oxygen atoms in total. The maximum atomic E-state index is 13.7. The summed E-state index contributed by atoms with van der Waals surface area (Å²) in [6, 6.07) is 2.61. The topological polar surface area (TPSA) is 97.1 Å². The molecule has 1 aliphatic rings. The predicted octanol–water partition coefficient (Wildman–Crippen LogP) is 4.79. The smallest absolute Gasteiger partial charge is 0.468 e. The van der Waals surface area contributed by atoms with E-state index in [1.54, 1.807) is 0 Å². The number of fused-ring (bicyclic) bond motifs is 1. The van der Waals surface area contributed by atoms with Gasteiger partial charge in [0, 0.05) is 22.1 Å². The molecule has 0 aliphatic carbocycles. The Balaban J connectivity index is 1.89. The summed E-state index contributed by atoms with van der Waals surface area (Å²) < 4.78 is 55.5. The van der Waals surface area contributed by atoms with E-state index < -0.39 is 29.6 Å². The number of hydrogen-bond donors (Lipinski definition) is 0. The van der Waals surface area contributed by atoms with Gasteiger partial charge in [-0.25, -0.2) is 4.79 Å². The van der Waals surface area contributed by atoms with Crippen LogP contribution in [0.3, 0.4) is 0 Å². The van der Waals surface area contributed by atoms with E-state index in [0.29, 0.717) is 6.08 Å². The summed E-state index contributed by atoms with van der Waals surface area (Å²) >= 11 is 12.9. The van der Waals surface area contributed by atoms with Gasteiger partial charge in [-0.2, -0.15) is 24.9 Å². The van der Waals surface area contributed by atoms with Crippen LogP contribution >= 0.6 is 35.0 Å². The van der Waals surface area contributed by atoms with Crippen molar-refractivity contribution in [3.05, 3.63) is 43.9 Å². The Morgan fingerprint density at radius 2 is 1.93 bits per heavy atom. The predicted molar refractivity (Wildman–Crippen MR) is 102 cm³/mol. The van der Waals surface area contributed by atoms with Crippen LogP contribution in [0, 0.1) is 10.1 Å². The fraction of sp³-hybridized carbons (Fsp3) is 0.438. The van der Waals surface area contributed by atoms with Gasteiger partial charge in [-0.3, -0.25) is 0 Å². The third-order valence-corrected chi connectivity index (χ3v) is 5.02. The van der Waals surface area contributed by atoms with E-state index in [1.165, 1.54) is 23.9 Å². The highest BCUT2D eigenvalue weighted by Gasteiger charge is 2.58. The summed E-state index contributed by atoms with van der Waals surface area (Å²) in [5, 5.41) is 9.11. The number of carbonyl (C=O) groups is 1. The van der Waals surface area contributed by atoms with Crippen molar-refractivity contribution in [2.24, 2.45) is 0 Å². The molecule has 166 valence electrons. The maximum Gasteiger partial charge on any atom is 0.508 e. The van der Waals surface area contributed by atoms with E-state index in [2.05, 4.69) is 14.3 Å². The normalized spacial score (nSPS) is 17.6. The van der Waals surface area contributed by atoms with Crippen molar-refractivity contribution < 1.29 is 42.1 Å². The van der Waals surface area contributed by atoms with Crippen molar-refractivity contribution in [1.82, 2.24) is 0 Å². The van der Waals surface area contributed by atoms with Crippen molar-refractivity contribution in [3.8, 4) is 5.75 Å². The van der Waals surface area contributed by atoms with Crippen LogP contribution in [0.2, 0.25) is 10.0 Å². The molecule has 1 aromatic rings. The molecule has 1 heterocycles. The first-order valence-electron chi connectivity index (χ1n) is 8.13. The van der Waals surface area contributed by atoms with E-state index >= 15 is 0 Å². The third kappa shape index (κ3) is 6.47. The SMILES string of the molecule is O=C(OCCSCCO[N+](=O)[O-])OCC1(C(F)(F)F)C=Cc2cc(Cl)cc(Cl)c2O1. The first-order valence-corrected chi connectivity index (χ1v) is 10.0. The van der Waals surface area contributed by atoms with Crippen molar-refractivity contribution >= 4 is 47.2 Å². The molecule has 0 saturated heterocycles. The second kappa shape index (κ2) is 10.3. The zero-order valence-corrected chi connectivity index (χ0v) is 17.3. The summed E-state index contributed by atoms with van der Waals surface area (Å²) in [7, 11) is 0. The molecule has 2 rings (SSSR count). The highest BCUT2D eigenvalue weighted by molar-refractivity contribution is 7.99. The monoisotopic (exact) mass is 491 g/mol. The molecule has 0 N–H and O–H groups in total. The Bertz CT molecular complexity index is 825. The lowest BCUT2D eigenvalue weighted by molar-refractivity contribution is -0.756. The minimum absolute atomic E-state index is 0.129. The van der Waals surface area contributed by atoms with Gasteiger partial charge in [0.25, 0.3) is 10.7 Å². The van der Waals surface area contributed by atoms with Gasteiger partial charge in [-0.05, 0) is 18.2 Å². The summed E-state index contributed by atoms with van der Waals surface area (Å²) in [6.07, 6.45) is -4.43. The molecule has 0 bridgehead atoms. The van der Waals surface area contributed by atoms with E-state index in [-0.39, 0.29) is 46.1 Å². The van der Waals surface area contributed by atoms with Gasteiger partial charge < -0.3 is 19.0 Å². The van der Waals surface area contributed by atoms with Crippen LogP contribution in [0.4, 0.5) is 18.0 Å². The van der Waals surface area contributed by atoms with Gasteiger partial charge in [-0.1, -0.05) is 29.3 Å². The summed E-state index contributed by atoms with van der Waals surface area (Å²) in [5.74, 6) is 0.256. The molecule has 1 atom stereocenters. The van der Waals surface area contributed by atoms with E-state index in [0.717, 1.165) is 6.08 Å². The van der Waals surface area contributed by atoms with Crippen LogP contribution < -0.4 is 4.74 Å². The Labute approximate surface area is 182 Å². The highest BCUT2D eigenvalue weighted by Crippen LogP contribution is 2.45. The molecule has 1 unspecified atom stereocenters. The number of carbonyl (C=O) groups excluding carboxylic acids is 1. The van der Waals surface area contributed by atoms with E-state index in [1.807, 2.05) is 0 Å². The van der Waals surface area contributed by atoms with Crippen molar-refractivity contribution in [3.63, 3.8) is 0 Å². The first kappa shape index (κ1) is 24.2. The average molecular weight is 492 g/mol. The van der Waals surface area contributed by atoms with Gasteiger partial charge >= 0.3 is 12.3 Å². The van der Waals surface area contributed by atoms with Crippen LogP contribution in [0.5, 0.6) is 5.75 Å². The largest absolute Gasteiger partial charge is 0.508 e. The van der Waals surface area contributed by atoms with Crippen LogP contribution in [-0.2, 0) is 14.3 Å². The maximum absolute atomic E-state index is 13.7. The molecule has 0 saturated carbocycles. The number of hydrogen-bond acceptors (Lipinski definition) is 8. The quantitative estimate of drug-likeness (QED) is 0.210. The third-order valence-electron chi connectivity index (χ3n) is 3.61. The minimum Gasteiger partial charge on any atom is -0.468 e. The van der Waals surface area contributed by atoms with Crippen LogP contribution in [0.25, 0.3) is 6.08 Å². The Morgan fingerprint density at radius 3 is 2.60 bits per heavy atom. The number of benzene rings is 1. The van der Waals surface area contributed by atoms with Crippen LogP contribution in [0.15, 0.2) is 18.2 Å². The molecule has 1 aliphatic heterocycles. The van der Waals surface area contributed by atoms with Gasteiger partial charge in [0.2, 0.25) is 0 Å². The fourth-order valence-electron chi connectivity index (χ4n) is 2.23. The number of thioether (sulfide) groups is 1. The molecule has 0 fully saturated rings. The van der Waals surface area contributed by atoms with Crippen molar-refractivity contribution in [2.45, 2.75) is 11.8 Å². The average Bonchev–Trinajstić information content (AvgIpc) is 2.64. The first-order chi connectivity index (χ1) is 14.0. The zero-order valence-electron chi connectivity index (χ0n) is 14.9. The summed E-state index contributed by atoms with van der Waals surface area (Å²) in [5.41, 5.74) is -2.71. The lowest BCUT2D eigenvalue weighted by Crippen LogP contribution is -2.53. The molecule has 30 heavy (non-hydrogen) atoms. The van der Waals surface area contributed by atoms with Gasteiger partial charge in [-0.15, -0.1) is 10.1 Å². The molecule has 0 radical (unpaired) electrons. The second-order valence-corrected chi connectivity index (χ2v) is 7.75. The Kier molecular flexibility index (Phi) is 8.33. The number of nitrogens with zero attached hydrogens (tertiary/aromatic N) is 1. The van der Waals surface area contributed by atoms with Crippen molar-refractivity contribution in [1.29, 1.82) is 0 Å². The van der Waals surface area contributed by atoms with Gasteiger partial charge in [0.15, 0.2) is 0 Å². The number of ether oxygens (including phenoxy) is 3. The second-order valence-electron chi connectivity index (χ2n) is 5.68. The molecular formula is C16H14Cl2F3NO7S. The standard InChI is InChI=1S/C16H14Cl2F3NO7S/c17-11-7-10-1-2-15(16(19,20)21,29-13(10)12(18)8-11)9-27-14(23)26-3-5-30-6-4-28-22(24)25/h1-2,7-8H,3-6,9H2. The molecular weight excluding hydrogens is 478 g/mol. The summed E-state index contributed by atoms with van der Waals surface area (Å²) in [6.45, 7) is -1.52. The number of rotatable bonds is 9. The Morgan fingerprint density at radius 1 is 1.23 bits per heavy atom. The van der Waals surface area contributed by atoms with Crippen LogP contribution in [-0.4, -0.2) is 54.3 Å². The van der Waals surface area contributed by atoms with Crippen LogP contribution in [0.1, 0.15) is 5.56 Å². The van der Waals surface area contributed by atoms with Crippen molar-refractivity contribution in [2.75, 3.05) is 31.3 Å². The molecule has 1 aromatic carbocycles. The molecule has 14 heteroatoms.